The number of amides is 2. The van der Waals surface area contributed by atoms with Crippen molar-refractivity contribution in [2.75, 3.05) is 0 Å². The molecule has 0 bridgehead atoms. The van der Waals surface area contributed by atoms with E-state index in [-0.39, 0.29) is 11.4 Å². The molecule has 1 unspecified atom stereocenters. The third kappa shape index (κ3) is 3.36. The summed E-state index contributed by atoms with van der Waals surface area (Å²) in [5, 5.41) is 6.30. The second kappa shape index (κ2) is 5.28. The van der Waals surface area contributed by atoms with Crippen LogP contribution in [0.5, 0.6) is 0 Å². The monoisotopic (exact) mass is 238 g/mol. The van der Waals surface area contributed by atoms with Crippen molar-refractivity contribution in [3.8, 4) is 0 Å². The first-order chi connectivity index (χ1) is 8.08. The summed E-state index contributed by atoms with van der Waals surface area (Å²) in [6, 6.07) is 0.816. The fourth-order valence-electron chi connectivity index (χ4n) is 3.23. The molecule has 1 atom stereocenters. The van der Waals surface area contributed by atoms with Crippen LogP contribution in [-0.2, 0) is 0 Å². The molecule has 0 aromatic heterocycles. The van der Waals surface area contributed by atoms with Gasteiger partial charge < -0.3 is 10.6 Å². The van der Waals surface area contributed by atoms with Gasteiger partial charge in [-0.2, -0.15) is 0 Å². The van der Waals surface area contributed by atoms with Crippen LogP contribution in [0.25, 0.3) is 0 Å². The summed E-state index contributed by atoms with van der Waals surface area (Å²) >= 11 is 0. The molecule has 0 aromatic carbocycles. The molecule has 2 fully saturated rings. The van der Waals surface area contributed by atoms with E-state index < -0.39 is 0 Å². The van der Waals surface area contributed by atoms with Gasteiger partial charge in [-0.3, -0.25) is 0 Å². The molecule has 2 aliphatic rings. The predicted molar refractivity (Wildman–Crippen MR) is 70.0 cm³/mol. The van der Waals surface area contributed by atoms with Crippen LogP contribution in [0.2, 0.25) is 0 Å². The first kappa shape index (κ1) is 12.7. The summed E-state index contributed by atoms with van der Waals surface area (Å²) in [7, 11) is 0. The maximum atomic E-state index is 11.9. The van der Waals surface area contributed by atoms with E-state index in [1.54, 1.807) is 0 Å². The quantitative estimate of drug-likeness (QED) is 0.762. The van der Waals surface area contributed by atoms with Gasteiger partial charge in [0.1, 0.15) is 0 Å². The van der Waals surface area contributed by atoms with Gasteiger partial charge in [0.2, 0.25) is 0 Å². The average Bonchev–Trinajstić information content (AvgIpc) is 2.59. The van der Waals surface area contributed by atoms with Crippen LogP contribution >= 0.6 is 0 Å². The lowest BCUT2D eigenvalue weighted by atomic mass is 9.87. The van der Waals surface area contributed by atoms with Gasteiger partial charge in [0.15, 0.2) is 0 Å². The molecule has 0 heterocycles. The highest BCUT2D eigenvalue weighted by atomic mass is 16.2. The maximum absolute atomic E-state index is 11.9. The number of carbonyl (C=O) groups is 1. The maximum Gasteiger partial charge on any atom is 0.315 e. The van der Waals surface area contributed by atoms with Gasteiger partial charge >= 0.3 is 6.03 Å². The van der Waals surface area contributed by atoms with Gasteiger partial charge in [-0.05, 0) is 31.1 Å². The lowest BCUT2D eigenvalue weighted by Gasteiger charge is -2.29. The first-order valence-electron chi connectivity index (χ1n) is 7.15. The molecule has 0 saturated heterocycles. The van der Waals surface area contributed by atoms with Gasteiger partial charge in [0, 0.05) is 12.1 Å². The molecule has 3 nitrogen and oxygen atoms in total. The van der Waals surface area contributed by atoms with Crippen molar-refractivity contribution in [1.29, 1.82) is 0 Å². The van der Waals surface area contributed by atoms with Crippen LogP contribution in [0.15, 0.2) is 0 Å². The Kier molecular flexibility index (Phi) is 3.95. The molecule has 2 aliphatic carbocycles. The van der Waals surface area contributed by atoms with E-state index in [0.717, 1.165) is 19.3 Å². The van der Waals surface area contributed by atoms with Crippen molar-refractivity contribution < 1.29 is 4.79 Å². The van der Waals surface area contributed by atoms with Gasteiger partial charge in [-0.1, -0.05) is 39.5 Å². The van der Waals surface area contributed by atoms with Crippen molar-refractivity contribution >= 4 is 6.03 Å². The number of hydrogen-bond donors (Lipinski definition) is 2. The number of urea groups is 1. The summed E-state index contributed by atoms with van der Waals surface area (Å²) in [6.07, 6.45) is 9.76. The lowest BCUT2D eigenvalue weighted by molar-refractivity contribution is 0.215. The van der Waals surface area contributed by atoms with E-state index in [0.29, 0.717) is 12.1 Å². The molecule has 98 valence electrons. The SMILES string of the molecule is CC1(C)CCCC1NC(=O)NC1CCCCC1. The second-order valence-corrected chi connectivity index (χ2v) is 6.39. The zero-order chi connectivity index (χ0) is 12.3. The fourth-order valence-corrected chi connectivity index (χ4v) is 3.23. The summed E-state index contributed by atoms with van der Waals surface area (Å²) in [5.41, 5.74) is 0.268. The molecular formula is C14H26N2O. The predicted octanol–water partition coefficient (Wildman–Crippen LogP) is 3.20. The summed E-state index contributed by atoms with van der Waals surface area (Å²) in [5.74, 6) is 0. The van der Waals surface area contributed by atoms with Crippen molar-refractivity contribution in [1.82, 2.24) is 10.6 Å². The number of nitrogens with one attached hydrogen (secondary N) is 2. The van der Waals surface area contributed by atoms with Crippen LogP contribution in [-0.4, -0.2) is 18.1 Å². The van der Waals surface area contributed by atoms with Gasteiger partial charge in [0.05, 0.1) is 0 Å². The highest BCUT2D eigenvalue weighted by Crippen LogP contribution is 2.37. The number of hydrogen-bond acceptors (Lipinski definition) is 1. The minimum Gasteiger partial charge on any atom is -0.335 e. The van der Waals surface area contributed by atoms with Gasteiger partial charge in [-0.15, -0.1) is 0 Å². The molecule has 0 spiro atoms. The highest BCUT2D eigenvalue weighted by molar-refractivity contribution is 5.74. The molecule has 2 N–H and O–H groups in total. The van der Waals surface area contributed by atoms with E-state index in [2.05, 4.69) is 24.5 Å². The second-order valence-electron chi connectivity index (χ2n) is 6.39. The normalized spacial score (nSPS) is 28.9. The molecule has 3 heteroatoms. The Morgan fingerprint density at radius 1 is 1.00 bits per heavy atom. The Balaban J connectivity index is 1.76. The number of rotatable bonds is 2. The Hall–Kier alpha value is -0.730. The van der Waals surface area contributed by atoms with Gasteiger partial charge in [0.25, 0.3) is 0 Å². The van der Waals surface area contributed by atoms with Crippen LogP contribution in [0.4, 0.5) is 4.79 Å². The van der Waals surface area contributed by atoms with E-state index in [4.69, 9.17) is 0 Å². The summed E-state index contributed by atoms with van der Waals surface area (Å²) in [6.45, 7) is 4.51. The van der Waals surface area contributed by atoms with Crippen molar-refractivity contribution in [2.45, 2.75) is 77.3 Å². The van der Waals surface area contributed by atoms with E-state index >= 15 is 0 Å². The van der Waals surface area contributed by atoms with E-state index in [9.17, 15) is 4.79 Å². The topological polar surface area (TPSA) is 41.1 Å². The Morgan fingerprint density at radius 3 is 2.29 bits per heavy atom. The molecule has 0 radical (unpaired) electrons. The Bertz CT molecular complexity index is 269. The van der Waals surface area contributed by atoms with Gasteiger partial charge in [-0.25, -0.2) is 4.79 Å². The van der Waals surface area contributed by atoms with Crippen molar-refractivity contribution in [2.24, 2.45) is 5.41 Å². The van der Waals surface area contributed by atoms with E-state index in [1.165, 1.54) is 32.1 Å². The molecular weight excluding hydrogens is 212 g/mol. The third-order valence-corrected chi connectivity index (χ3v) is 4.50. The minimum atomic E-state index is 0.0527. The standard InChI is InChI=1S/C14H26N2O/c1-14(2)10-6-9-12(14)16-13(17)15-11-7-4-3-5-8-11/h11-12H,3-10H2,1-2H3,(H2,15,16,17). The molecule has 0 aromatic rings. The van der Waals surface area contributed by atoms with Crippen LogP contribution in [0.3, 0.4) is 0 Å². The van der Waals surface area contributed by atoms with Crippen LogP contribution in [0.1, 0.15) is 65.2 Å². The third-order valence-electron chi connectivity index (χ3n) is 4.50. The van der Waals surface area contributed by atoms with Crippen LogP contribution in [0, 0.1) is 5.41 Å². The first-order valence-corrected chi connectivity index (χ1v) is 7.15. The van der Waals surface area contributed by atoms with Crippen molar-refractivity contribution in [3.05, 3.63) is 0 Å². The highest BCUT2D eigenvalue weighted by Gasteiger charge is 2.35. The van der Waals surface area contributed by atoms with Crippen molar-refractivity contribution in [3.63, 3.8) is 0 Å². The smallest absolute Gasteiger partial charge is 0.315 e. The average molecular weight is 238 g/mol. The summed E-state index contributed by atoms with van der Waals surface area (Å²) < 4.78 is 0. The number of carbonyl (C=O) groups excluding carboxylic acids is 1. The largest absolute Gasteiger partial charge is 0.335 e. The molecule has 17 heavy (non-hydrogen) atoms. The minimum absolute atomic E-state index is 0.0527. The fraction of sp³-hybridized carbons (Fsp3) is 0.929. The zero-order valence-electron chi connectivity index (χ0n) is 11.2. The van der Waals surface area contributed by atoms with Crippen LogP contribution < -0.4 is 10.6 Å². The molecule has 2 saturated carbocycles. The molecule has 2 rings (SSSR count). The molecule has 2 amide bonds. The summed E-state index contributed by atoms with van der Waals surface area (Å²) in [4.78, 5) is 11.9. The lowest BCUT2D eigenvalue weighted by Crippen LogP contribution is -2.49. The Labute approximate surface area is 105 Å². The molecule has 0 aliphatic heterocycles. The zero-order valence-corrected chi connectivity index (χ0v) is 11.2. The van der Waals surface area contributed by atoms with E-state index in [1.807, 2.05) is 0 Å². The Morgan fingerprint density at radius 2 is 1.71 bits per heavy atom.